The van der Waals surface area contributed by atoms with E-state index in [2.05, 4.69) is 32.9 Å². The second-order valence-electron chi connectivity index (χ2n) is 7.52. The fourth-order valence-electron chi connectivity index (χ4n) is 1.89. The summed E-state index contributed by atoms with van der Waals surface area (Å²) in [6.45, 7) is 11.6. The van der Waals surface area contributed by atoms with Gasteiger partial charge in [0, 0.05) is 6.04 Å². The van der Waals surface area contributed by atoms with Crippen LogP contribution in [0.2, 0.25) is 5.15 Å². The minimum atomic E-state index is -0.555. The average Bonchev–Trinajstić information content (AvgIpc) is 2.31. The van der Waals surface area contributed by atoms with E-state index in [1.165, 1.54) is 0 Å². The lowest BCUT2D eigenvalue weighted by Crippen LogP contribution is -2.47. The number of aromatic hydroxyl groups is 1. The third kappa shape index (κ3) is 6.71. The number of rotatable bonds is 3. The molecule has 0 aliphatic heterocycles. The standard InChI is InChI=1S/C16H24ClIN2O3/c1-15(2,3)11(19-14(22)23-16(4,5)6)8-9-7-10(21)12(17)20-13(9)18/h7,11,21H,8H2,1-6H3,(H,19,22)/t11-/m1/s1. The molecule has 130 valence electrons. The smallest absolute Gasteiger partial charge is 0.407 e. The Balaban J connectivity index is 2.97. The summed E-state index contributed by atoms with van der Waals surface area (Å²) >= 11 is 7.88. The molecule has 7 heteroatoms. The lowest BCUT2D eigenvalue weighted by Gasteiger charge is -2.32. The molecule has 1 aromatic heterocycles. The van der Waals surface area contributed by atoms with Crippen molar-refractivity contribution in [2.24, 2.45) is 5.41 Å². The van der Waals surface area contributed by atoms with Crippen LogP contribution in [-0.2, 0) is 11.2 Å². The van der Waals surface area contributed by atoms with Crippen LogP contribution in [0.25, 0.3) is 0 Å². The van der Waals surface area contributed by atoms with Crippen molar-refractivity contribution in [3.05, 3.63) is 20.5 Å². The molecule has 1 aromatic rings. The van der Waals surface area contributed by atoms with E-state index >= 15 is 0 Å². The molecule has 0 radical (unpaired) electrons. The van der Waals surface area contributed by atoms with Gasteiger partial charge in [0.05, 0.1) is 0 Å². The Labute approximate surface area is 156 Å². The molecular weight excluding hydrogens is 431 g/mol. The monoisotopic (exact) mass is 454 g/mol. The highest BCUT2D eigenvalue weighted by Crippen LogP contribution is 2.29. The first-order valence-corrected chi connectivity index (χ1v) is 8.78. The number of aromatic nitrogens is 1. The minimum absolute atomic E-state index is 0.0630. The molecule has 1 rings (SSSR count). The number of alkyl carbamates (subject to hydrolysis) is 1. The van der Waals surface area contributed by atoms with Gasteiger partial charge in [0.2, 0.25) is 0 Å². The van der Waals surface area contributed by atoms with E-state index < -0.39 is 11.7 Å². The molecule has 1 amide bonds. The van der Waals surface area contributed by atoms with E-state index in [1.807, 2.05) is 41.5 Å². The third-order valence-electron chi connectivity index (χ3n) is 3.14. The molecule has 0 saturated heterocycles. The first-order chi connectivity index (χ1) is 10.3. The van der Waals surface area contributed by atoms with Gasteiger partial charge in [-0.05, 0) is 66.8 Å². The van der Waals surface area contributed by atoms with Crippen molar-refractivity contribution in [3.63, 3.8) is 0 Å². The largest absolute Gasteiger partial charge is 0.505 e. The van der Waals surface area contributed by atoms with E-state index in [4.69, 9.17) is 16.3 Å². The van der Waals surface area contributed by atoms with Gasteiger partial charge in [-0.15, -0.1) is 0 Å². The summed E-state index contributed by atoms with van der Waals surface area (Å²) in [5.74, 6) is -0.0630. The number of hydrogen-bond donors (Lipinski definition) is 2. The number of ether oxygens (including phenoxy) is 1. The van der Waals surface area contributed by atoms with Crippen molar-refractivity contribution >= 4 is 40.3 Å². The summed E-state index contributed by atoms with van der Waals surface area (Å²) in [5, 5.41) is 12.8. The summed E-state index contributed by atoms with van der Waals surface area (Å²) in [5.41, 5.74) is 0.0690. The maximum atomic E-state index is 12.1. The average molecular weight is 455 g/mol. The van der Waals surface area contributed by atoms with E-state index in [1.54, 1.807) is 6.07 Å². The maximum Gasteiger partial charge on any atom is 0.407 e. The zero-order valence-electron chi connectivity index (χ0n) is 14.3. The molecule has 0 aliphatic carbocycles. The number of halogens is 2. The Morgan fingerprint density at radius 2 is 1.96 bits per heavy atom. The van der Waals surface area contributed by atoms with Gasteiger partial charge in [0.1, 0.15) is 9.30 Å². The van der Waals surface area contributed by atoms with Gasteiger partial charge in [-0.25, -0.2) is 9.78 Å². The molecule has 1 atom stereocenters. The summed E-state index contributed by atoms with van der Waals surface area (Å²) < 4.78 is 6.04. The highest BCUT2D eigenvalue weighted by molar-refractivity contribution is 14.1. The number of carbonyl (C=O) groups excluding carboxylic acids is 1. The quantitative estimate of drug-likeness (QED) is 0.520. The zero-order chi connectivity index (χ0) is 18.0. The zero-order valence-corrected chi connectivity index (χ0v) is 17.2. The molecule has 1 heterocycles. The van der Waals surface area contributed by atoms with Crippen molar-refractivity contribution in [2.45, 2.75) is 59.6 Å². The van der Waals surface area contributed by atoms with Crippen LogP contribution in [0.1, 0.15) is 47.1 Å². The highest BCUT2D eigenvalue weighted by atomic mass is 127. The predicted octanol–water partition coefficient (Wildman–Crippen LogP) is 4.53. The van der Waals surface area contributed by atoms with E-state index in [0.717, 1.165) is 5.56 Å². The number of hydrogen-bond acceptors (Lipinski definition) is 4. The van der Waals surface area contributed by atoms with E-state index in [9.17, 15) is 9.90 Å². The predicted molar refractivity (Wildman–Crippen MR) is 99.9 cm³/mol. The second kappa shape index (κ2) is 7.42. The molecule has 0 bridgehead atoms. The maximum absolute atomic E-state index is 12.1. The van der Waals surface area contributed by atoms with Crippen molar-refractivity contribution in [1.29, 1.82) is 0 Å². The fraction of sp³-hybridized carbons (Fsp3) is 0.625. The summed E-state index contributed by atoms with van der Waals surface area (Å²) in [6, 6.07) is 1.40. The molecule has 23 heavy (non-hydrogen) atoms. The normalized spacial score (nSPS) is 13.6. The number of pyridine rings is 1. The molecule has 0 aliphatic rings. The lowest BCUT2D eigenvalue weighted by atomic mass is 9.83. The Kier molecular flexibility index (Phi) is 6.55. The van der Waals surface area contributed by atoms with Crippen LogP contribution in [0.3, 0.4) is 0 Å². The summed E-state index contributed by atoms with van der Waals surface area (Å²) in [6.07, 6.45) is 0.0530. The van der Waals surface area contributed by atoms with Crippen LogP contribution >= 0.6 is 34.2 Å². The third-order valence-corrected chi connectivity index (χ3v) is 4.36. The van der Waals surface area contributed by atoms with Crippen molar-refractivity contribution in [1.82, 2.24) is 10.3 Å². The molecule has 5 nitrogen and oxygen atoms in total. The summed E-state index contributed by atoms with van der Waals surface area (Å²) in [7, 11) is 0. The topological polar surface area (TPSA) is 71.5 Å². The first-order valence-electron chi connectivity index (χ1n) is 7.33. The molecule has 0 spiro atoms. The van der Waals surface area contributed by atoms with Crippen LogP contribution in [0.15, 0.2) is 6.07 Å². The van der Waals surface area contributed by atoms with Crippen LogP contribution in [-0.4, -0.2) is 27.8 Å². The van der Waals surface area contributed by atoms with Gasteiger partial charge in [-0.2, -0.15) is 0 Å². The SMILES string of the molecule is CC(C)(C)OC(=O)N[C@H](Cc1cc(O)c(Cl)nc1I)C(C)(C)C. The Morgan fingerprint density at radius 3 is 2.43 bits per heavy atom. The van der Waals surface area contributed by atoms with Crippen molar-refractivity contribution in [3.8, 4) is 5.75 Å². The van der Waals surface area contributed by atoms with E-state index in [0.29, 0.717) is 10.1 Å². The minimum Gasteiger partial charge on any atom is -0.505 e. The van der Waals surface area contributed by atoms with Gasteiger partial charge >= 0.3 is 6.09 Å². The highest BCUT2D eigenvalue weighted by Gasteiger charge is 2.29. The van der Waals surface area contributed by atoms with Crippen LogP contribution in [0.5, 0.6) is 5.75 Å². The number of nitrogens with zero attached hydrogens (tertiary/aromatic N) is 1. The molecular formula is C16H24ClIN2O3. The van der Waals surface area contributed by atoms with Gasteiger partial charge in [0.15, 0.2) is 10.9 Å². The van der Waals surface area contributed by atoms with Crippen LogP contribution in [0.4, 0.5) is 4.79 Å². The van der Waals surface area contributed by atoms with Gasteiger partial charge in [0.25, 0.3) is 0 Å². The summed E-state index contributed by atoms with van der Waals surface area (Å²) in [4.78, 5) is 16.2. The van der Waals surface area contributed by atoms with Gasteiger partial charge < -0.3 is 15.2 Å². The number of carbonyl (C=O) groups is 1. The fourth-order valence-corrected chi connectivity index (χ4v) is 2.78. The molecule has 0 fully saturated rings. The first kappa shape index (κ1) is 20.3. The molecule has 2 N–H and O–H groups in total. The van der Waals surface area contributed by atoms with E-state index in [-0.39, 0.29) is 22.4 Å². The number of amides is 1. The second-order valence-corrected chi connectivity index (χ2v) is 8.90. The Hall–Kier alpha value is -0.760. The Bertz CT molecular complexity index is 580. The Morgan fingerprint density at radius 1 is 1.39 bits per heavy atom. The molecule has 0 saturated carbocycles. The molecule has 0 unspecified atom stereocenters. The lowest BCUT2D eigenvalue weighted by molar-refractivity contribution is 0.0464. The molecule has 0 aromatic carbocycles. The van der Waals surface area contributed by atoms with Crippen LogP contribution in [0, 0.1) is 9.12 Å². The van der Waals surface area contributed by atoms with Crippen molar-refractivity contribution in [2.75, 3.05) is 0 Å². The number of nitrogens with one attached hydrogen (secondary N) is 1. The van der Waals surface area contributed by atoms with Gasteiger partial charge in [-0.3, -0.25) is 0 Å². The van der Waals surface area contributed by atoms with Crippen LogP contribution < -0.4 is 5.32 Å². The van der Waals surface area contributed by atoms with Crippen molar-refractivity contribution < 1.29 is 14.6 Å². The van der Waals surface area contributed by atoms with Gasteiger partial charge in [-0.1, -0.05) is 32.4 Å².